The molecule has 1 atom stereocenters. The highest BCUT2D eigenvalue weighted by Gasteiger charge is 2.21. The van der Waals surface area contributed by atoms with Crippen LogP contribution in [0, 0.1) is 12.8 Å². The van der Waals surface area contributed by atoms with Gasteiger partial charge in [0.25, 0.3) is 5.91 Å². The molecule has 0 aliphatic carbocycles. The Hall–Kier alpha value is -3.49. The largest absolute Gasteiger partial charge is 0.481 e. The number of amides is 2. The summed E-state index contributed by atoms with van der Waals surface area (Å²) in [5.41, 5.74) is 2.16. The van der Waals surface area contributed by atoms with E-state index in [2.05, 4.69) is 24.3 Å². The SMILES string of the molecule is CCCCN(CCCC)C(=O)c1cc(C)n(-c2ccc(NC(=O)C(C)CC(=O)O)cc2C=O)n1. The number of carboxylic acid groups (broad SMARTS) is 1. The van der Waals surface area contributed by atoms with Gasteiger partial charge in [-0.15, -0.1) is 0 Å². The summed E-state index contributed by atoms with van der Waals surface area (Å²) in [5.74, 6) is -2.36. The number of rotatable bonds is 13. The number of anilines is 1. The van der Waals surface area contributed by atoms with Gasteiger partial charge in [0.2, 0.25) is 5.91 Å². The Labute approximate surface area is 200 Å². The molecular formula is C25H34N4O5. The van der Waals surface area contributed by atoms with Crippen molar-refractivity contribution in [3.05, 3.63) is 41.2 Å². The molecule has 1 aromatic heterocycles. The van der Waals surface area contributed by atoms with E-state index in [-0.39, 0.29) is 17.9 Å². The quantitative estimate of drug-likeness (QED) is 0.425. The Morgan fingerprint density at radius 2 is 1.79 bits per heavy atom. The van der Waals surface area contributed by atoms with Gasteiger partial charge < -0.3 is 15.3 Å². The first-order chi connectivity index (χ1) is 16.2. The molecule has 9 nitrogen and oxygen atoms in total. The molecule has 2 N–H and O–H groups in total. The lowest BCUT2D eigenvalue weighted by atomic mass is 10.1. The van der Waals surface area contributed by atoms with Crippen molar-refractivity contribution in [1.29, 1.82) is 0 Å². The monoisotopic (exact) mass is 470 g/mol. The summed E-state index contributed by atoms with van der Waals surface area (Å²) in [7, 11) is 0. The van der Waals surface area contributed by atoms with Crippen LogP contribution in [0.15, 0.2) is 24.3 Å². The molecule has 0 saturated carbocycles. The van der Waals surface area contributed by atoms with E-state index in [1.54, 1.807) is 22.9 Å². The molecule has 1 aromatic carbocycles. The summed E-state index contributed by atoms with van der Waals surface area (Å²) in [4.78, 5) is 49.8. The highest BCUT2D eigenvalue weighted by atomic mass is 16.4. The number of carbonyl (C=O) groups excluding carboxylic acids is 3. The molecule has 1 unspecified atom stereocenters. The Bertz CT molecular complexity index is 1020. The summed E-state index contributed by atoms with van der Waals surface area (Å²) in [5, 5.41) is 16.0. The van der Waals surface area contributed by atoms with Gasteiger partial charge in [0.15, 0.2) is 12.0 Å². The maximum absolute atomic E-state index is 13.1. The first-order valence-corrected chi connectivity index (χ1v) is 11.7. The first kappa shape index (κ1) is 26.8. The van der Waals surface area contributed by atoms with Gasteiger partial charge in [0, 0.05) is 36.0 Å². The number of aliphatic carboxylic acids is 1. The van der Waals surface area contributed by atoms with Crippen LogP contribution in [0.2, 0.25) is 0 Å². The van der Waals surface area contributed by atoms with Crippen molar-refractivity contribution < 1.29 is 24.3 Å². The van der Waals surface area contributed by atoms with Crippen LogP contribution in [0.5, 0.6) is 0 Å². The number of aldehydes is 1. The van der Waals surface area contributed by atoms with Crippen LogP contribution in [-0.4, -0.2) is 56.9 Å². The zero-order valence-corrected chi connectivity index (χ0v) is 20.3. The number of nitrogens with one attached hydrogen (secondary N) is 1. The molecule has 0 aliphatic heterocycles. The zero-order valence-electron chi connectivity index (χ0n) is 20.3. The minimum absolute atomic E-state index is 0.132. The van der Waals surface area contributed by atoms with E-state index < -0.39 is 17.8 Å². The third-order valence-corrected chi connectivity index (χ3v) is 5.54. The lowest BCUT2D eigenvalue weighted by molar-refractivity contribution is -0.139. The van der Waals surface area contributed by atoms with E-state index in [1.807, 2.05) is 11.8 Å². The van der Waals surface area contributed by atoms with E-state index in [9.17, 15) is 19.2 Å². The Morgan fingerprint density at radius 3 is 2.35 bits per heavy atom. The van der Waals surface area contributed by atoms with Crippen molar-refractivity contribution in [1.82, 2.24) is 14.7 Å². The van der Waals surface area contributed by atoms with E-state index in [0.717, 1.165) is 25.7 Å². The maximum atomic E-state index is 13.1. The van der Waals surface area contributed by atoms with Crippen LogP contribution in [0.3, 0.4) is 0 Å². The number of hydrogen-bond acceptors (Lipinski definition) is 5. The van der Waals surface area contributed by atoms with Crippen molar-refractivity contribution in [3.63, 3.8) is 0 Å². The van der Waals surface area contributed by atoms with Gasteiger partial charge in [-0.05, 0) is 44.0 Å². The average Bonchev–Trinajstić information content (AvgIpc) is 3.19. The van der Waals surface area contributed by atoms with Crippen molar-refractivity contribution in [2.75, 3.05) is 18.4 Å². The van der Waals surface area contributed by atoms with E-state index in [0.29, 0.717) is 42.1 Å². The summed E-state index contributed by atoms with van der Waals surface area (Å²) < 4.78 is 1.55. The molecule has 0 bridgehead atoms. The number of benzene rings is 1. The summed E-state index contributed by atoms with van der Waals surface area (Å²) in [6.45, 7) is 8.85. The highest BCUT2D eigenvalue weighted by molar-refractivity contribution is 5.96. The van der Waals surface area contributed by atoms with Crippen LogP contribution in [0.4, 0.5) is 5.69 Å². The predicted molar refractivity (Wildman–Crippen MR) is 129 cm³/mol. The van der Waals surface area contributed by atoms with Gasteiger partial charge in [-0.2, -0.15) is 5.10 Å². The highest BCUT2D eigenvalue weighted by Crippen LogP contribution is 2.22. The average molecular weight is 471 g/mol. The molecule has 2 rings (SSSR count). The van der Waals surface area contributed by atoms with Crippen molar-refractivity contribution in [2.24, 2.45) is 5.92 Å². The van der Waals surface area contributed by atoms with E-state index >= 15 is 0 Å². The number of unbranched alkanes of at least 4 members (excludes halogenated alkanes) is 2. The minimum Gasteiger partial charge on any atom is -0.481 e. The van der Waals surface area contributed by atoms with Gasteiger partial charge in [0.1, 0.15) is 0 Å². The minimum atomic E-state index is -1.06. The van der Waals surface area contributed by atoms with Gasteiger partial charge in [-0.1, -0.05) is 33.6 Å². The Balaban J connectivity index is 2.28. The van der Waals surface area contributed by atoms with Crippen LogP contribution in [-0.2, 0) is 9.59 Å². The van der Waals surface area contributed by atoms with Crippen LogP contribution in [0.1, 0.15) is 79.4 Å². The van der Waals surface area contributed by atoms with Gasteiger partial charge in [-0.25, -0.2) is 4.68 Å². The number of aromatic nitrogens is 2. The molecule has 184 valence electrons. The predicted octanol–water partition coefficient (Wildman–Crippen LogP) is 4.08. The third kappa shape index (κ3) is 7.00. The molecule has 0 aliphatic rings. The number of carboxylic acids is 1. The molecular weight excluding hydrogens is 436 g/mol. The normalized spacial score (nSPS) is 11.6. The summed E-state index contributed by atoms with van der Waals surface area (Å²) in [6, 6.07) is 6.47. The molecule has 0 radical (unpaired) electrons. The molecule has 0 saturated heterocycles. The standard InChI is InChI=1S/C25H34N4O5/c1-5-7-11-28(12-8-6-2)25(34)21-14-18(4)29(27-21)22-10-9-20(15-19(22)16-30)26-24(33)17(3)13-23(31)32/h9-10,14-17H,5-8,11-13H2,1-4H3,(H,26,33)(H,31,32). The molecule has 34 heavy (non-hydrogen) atoms. The zero-order chi connectivity index (χ0) is 25.3. The topological polar surface area (TPSA) is 122 Å². The van der Waals surface area contributed by atoms with Crippen molar-refractivity contribution in [2.45, 2.75) is 59.8 Å². The molecule has 0 spiro atoms. The lowest BCUT2D eigenvalue weighted by Crippen LogP contribution is -2.33. The smallest absolute Gasteiger partial charge is 0.304 e. The van der Waals surface area contributed by atoms with E-state index in [1.165, 1.54) is 13.0 Å². The van der Waals surface area contributed by atoms with Crippen LogP contribution >= 0.6 is 0 Å². The number of aryl methyl sites for hydroxylation is 1. The number of carbonyl (C=O) groups is 4. The van der Waals surface area contributed by atoms with Gasteiger partial charge in [0.05, 0.1) is 12.1 Å². The molecule has 2 aromatic rings. The lowest BCUT2D eigenvalue weighted by Gasteiger charge is -2.21. The van der Waals surface area contributed by atoms with Gasteiger partial charge >= 0.3 is 5.97 Å². The second kappa shape index (κ2) is 12.7. The Kier molecular flexibility index (Phi) is 9.97. The molecule has 0 fully saturated rings. The fourth-order valence-electron chi connectivity index (χ4n) is 3.54. The van der Waals surface area contributed by atoms with Crippen molar-refractivity contribution >= 4 is 29.8 Å². The molecule has 1 heterocycles. The van der Waals surface area contributed by atoms with Crippen molar-refractivity contribution in [3.8, 4) is 5.69 Å². The fraction of sp³-hybridized carbons (Fsp3) is 0.480. The third-order valence-electron chi connectivity index (χ3n) is 5.54. The second-order valence-corrected chi connectivity index (χ2v) is 8.46. The Morgan fingerprint density at radius 1 is 1.15 bits per heavy atom. The number of hydrogen-bond donors (Lipinski definition) is 2. The van der Waals surface area contributed by atoms with Crippen LogP contribution in [0.25, 0.3) is 5.69 Å². The maximum Gasteiger partial charge on any atom is 0.304 e. The summed E-state index contributed by atoms with van der Waals surface area (Å²) in [6.07, 6.45) is 4.18. The molecule has 2 amide bonds. The second-order valence-electron chi connectivity index (χ2n) is 8.46. The summed E-state index contributed by atoms with van der Waals surface area (Å²) >= 11 is 0. The fourth-order valence-corrected chi connectivity index (χ4v) is 3.54. The first-order valence-electron chi connectivity index (χ1n) is 11.7. The number of nitrogens with zero attached hydrogens (tertiary/aromatic N) is 3. The molecule has 9 heteroatoms. The van der Waals surface area contributed by atoms with Gasteiger partial charge in [-0.3, -0.25) is 19.2 Å². The van der Waals surface area contributed by atoms with Crippen LogP contribution < -0.4 is 5.32 Å². The van der Waals surface area contributed by atoms with E-state index in [4.69, 9.17) is 5.11 Å².